The van der Waals surface area contributed by atoms with Gasteiger partial charge in [-0.3, -0.25) is 4.57 Å². The van der Waals surface area contributed by atoms with Gasteiger partial charge in [0.15, 0.2) is 0 Å². The maximum absolute atomic E-state index is 12.5. The number of imidazole rings is 1. The highest BCUT2D eigenvalue weighted by Crippen LogP contribution is 2.25. The van der Waals surface area contributed by atoms with Gasteiger partial charge in [-0.1, -0.05) is 22.0 Å². The molecule has 2 heterocycles. The van der Waals surface area contributed by atoms with E-state index in [4.69, 9.17) is 0 Å². The predicted molar refractivity (Wildman–Crippen MR) is 97.2 cm³/mol. The number of nitrogens with zero attached hydrogens (tertiary/aromatic N) is 3. The van der Waals surface area contributed by atoms with Gasteiger partial charge >= 0.3 is 0 Å². The lowest BCUT2D eigenvalue weighted by molar-refractivity contribution is 0.580. The second-order valence-corrected chi connectivity index (χ2v) is 8.36. The van der Waals surface area contributed by atoms with Crippen LogP contribution in [0.2, 0.25) is 0 Å². The molecule has 0 radical (unpaired) electrons. The van der Waals surface area contributed by atoms with Crippen molar-refractivity contribution in [1.29, 1.82) is 0 Å². The molecule has 3 rings (SSSR count). The molecule has 0 amide bonds. The van der Waals surface area contributed by atoms with Crippen molar-refractivity contribution < 1.29 is 8.42 Å². The Morgan fingerprint density at radius 3 is 2.71 bits per heavy atom. The molecule has 24 heavy (non-hydrogen) atoms. The molecule has 6 nitrogen and oxygen atoms in total. The minimum Gasteiger partial charge on any atom is -0.290 e. The van der Waals surface area contributed by atoms with Gasteiger partial charge in [0, 0.05) is 39.6 Å². The normalized spacial score (nSPS) is 11.6. The molecule has 9 heteroatoms. The van der Waals surface area contributed by atoms with Gasteiger partial charge in [-0.15, -0.1) is 0 Å². The van der Waals surface area contributed by atoms with Crippen LogP contribution in [0, 0.1) is 0 Å². The summed E-state index contributed by atoms with van der Waals surface area (Å²) in [6.45, 7) is 0.117. The first-order chi connectivity index (χ1) is 11.5. The Morgan fingerprint density at radius 1 is 1.17 bits per heavy atom. The van der Waals surface area contributed by atoms with E-state index in [0.29, 0.717) is 10.3 Å². The molecular weight excluding hydrogens is 460 g/mol. The van der Waals surface area contributed by atoms with Crippen molar-refractivity contribution >= 4 is 41.9 Å². The van der Waals surface area contributed by atoms with Gasteiger partial charge in [0.25, 0.3) is 0 Å². The summed E-state index contributed by atoms with van der Waals surface area (Å²) < 4.78 is 30.7. The molecule has 0 bridgehead atoms. The molecule has 1 N–H and O–H groups in total. The Morgan fingerprint density at radius 2 is 2.00 bits per heavy atom. The van der Waals surface area contributed by atoms with Crippen molar-refractivity contribution in [3.8, 4) is 5.82 Å². The summed E-state index contributed by atoms with van der Waals surface area (Å²) in [7, 11) is -3.66. The second kappa shape index (κ2) is 7.14. The maximum Gasteiger partial charge on any atom is 0.241 e. The van der Waals surface area contributed by atoms with E-state index in [9.17, 15) is 8.42 Å². The van der Waals surface area contributed by atoms with Gasteiger partial charge in [0.1, 0.15) is 12.1 Å². The van der Waals surface area contributed by atoms with Crippen LogP contribution in [0.3, 0.4) is 0 Å². The number of nitrogens with one attached hydrogen (secondary N) is 1. The third-order valence-corrected chi connectivity index (χ3v) is 6.12. The van der Waals surface area contributed by atoms with E-state index in [1.54, 1.807) is 47.7 Å². The number of sulfonamides is 1. The molecule has 0 aliphatic heterocycles. The largest absolute Gasteiger partial charge is 0.290 e. The monoisotopic (exact) mass is 470 g/mol. The molecule has 0 saturated carbocycles. The molecule has 0 saturated heterocycles. The first-order valence-corrected chi connectivity index (χ1v) is 9.91. The van der Waals surface area contributed by atoms with Gasteiger partial charge in [0.05, 0.1) is 4.90 Å². The molecule has 0 atom stereocenters. The van der Waals surface area contributed by atoms with Crippen LogP contribution in [-0.4, -0.2) is 23.0 Å². The van der Waals surface area contributed by atoms with Crippen LogP contribution in [0.1, 0.15) is 5.56 Å². The average molecular weight is 472 g/mol. The van der Waals surface area contributed by atoms with Gasteiger partial charge in [-0.2, -0.15) is 0 Å². The Kier molecular flexibility index (Phi) is 5.14. The Hall–Kier alpha value is -1.55. The van der Waals surface area contributed by atoms with Crippen LogP contribution in [0.5, 0.6) is 0 Å². The summed E-state index contributed by atoms with van der Waals surface area (Å²) in [5.41, 5.74) is 0.743. The molecular formula is C15H12Br2N4O2S. The van der Waals surface area contributed by atoms with Gasteiger partial charge in [-0.05, 0) is 40.2 Å². The number of aromatic nitrogens is 3. The third kappa shape index (κ3) is 3.75. The highest BCUT2D eigenvalue weighted by molar-refractivity contribution is 9.11. The summed E-state index contributed by atoms with van der Waals surface area (Å²) in [6, 6.07) is 8.49. The zero-order valence-corrected chi connectivity index (χ0v) is 16.2. The number of hydrogen-bond donors (Lipinski definition) is 1. The summed E-state index contributed by atoms with van der Waals surface area (Å²) in [5, 5.41) is 0. The predicted octanol–water partition coefficient (Wildman–Crippen LogP) is 3.27. The zero-order chi connectivity index (χ0) is 17.2. The molecule has 0 spiro atoms. The maximum atomic E-state index is 12.5. The second-order valence-electron chi connectivity index (χ2n) is 4.86. The molecule has 0 aliphatic rings. The van der Waals surface area contributed by atoms with Crippen LogP contribution in [0.4, 0.5) is 0 Å². The van der Waals surface area contributed by atoms with Crippen molar-refractivity contribution in [2.45, 2.75) is 11.4 Å². The van der Waals surface area contributed by atoms with E-state index in [0.717, 1.165) is 10.0 Å². The number of halogens is 2. The van der Waals surface area contributed by atoms with Gasteiger partial charge < -0.3 is 0 Å². The van der Waals surface area contributed by atoms with E-state index in [1.165, 1.54) is 6.07 Å². The first kappa shape index (κ1) is 17.3. The molecule has 1 aromatic carbocycles. The summed E-state index contributed by atoms with van der Waals surface area (Å²) in [4.78, 5) is 8.47. The van der Waals surface area contributed by atoms with Crippen molar-refractivity contribution in [2.24, 2.45) is 0 Å². The summed E-state index contributed by atoms with van der Waals surface area (Å²) in [5.74, 6) is 0.632. The molecule has 0 unspecified atom stereocenters. The van der Waals surface area contributed by atoms with Crippen LogP contribution < -0.4 is 4.72 Å². The Balaban J connectivity index is 1.86. The van der Waals surface area contributed by atoms with Crippen LogP contribution >= 0.6 is 31.9 Å². The lowest BCUT2D eigenvalue weighted by atomic mass is 10.2. The number of benzene rings is 1. The van der Waals surface area contributed by atoms with Gasteiger partial charge in [-0.25, -0.2) is 23.1 Å². The zero-order valence-electron chi connectivity index (χ0n) is 12.2. The number of pyridine rings is 1. The SMILES string of the molecule is O=S(=O)(NCc1cccnc1-n1ccnc1)c1ccc(Br)cc1Br. The highest BCUT2D eigenvalue weighted by Gasteiger charge is 2.18. The minimum absolute atomic E-state index is 0.117. The molecule has 0 aliphatic carbocycles. The van der Waals surface area contributed by atoms with E-state index >= 15 is 0 Å². The van der Waals surface area contributed by atoms with E-state index in [1.807, 2.05) is 6.07 Å². The minimum atomic E-state index is -3.66. The van der Waals surface area contributed by atoms with Crippen LogP contribution in [-0.2, 0) is 16.6 Å². The fraction of sp³-hybridized carbons (Fsp3) is 0.0667. The van der Waals surface area contributed by atoms with E-state index in [-0.39, 0.29) is 11.4 Å². The van der Waals surface area contributed by atoms with Crippen molar-refractivity contribution in [2.75, 3.05) is 0 Å². The number of rotatable bonds is 5. The summed E-state index contributed by atoms with van der Waals surface area (Å²) in [6.07, 6.45) is 6.66. The number of hydrogen-bond acceptors (Lipinski definition) is 4. The molecule has 0 fully saturated rings. The Bertz CT molecular complexity index is 959. The summed E-state index contributed by atoms with van der Waals surface area (Å²) >= 11 is 6.59. The van der Waals surface area contributed by atoms with Crippen LogP contribution in [0.15, 0.2) is 69.1 Å². The topological polar surface area (TPSA) is 76.9 Å². The highest BCUT2D eigenvalue weighted by atomic mass is 79.9. The van der Waals surface area contributed by atoms with Crippen LogP contribution in [0.25, 0.3) is 5.82 Å². The van der Waals surface area contributed by atoms with E-state index in [2.05, 4.69) is 46.5 Å². The van der Waals surface area contributed by atoms with Crippen molar-refractivity contribution in [3.63, 3.8) is 0 Å². The third-order valence-electron chi connectivity index (χ3n) is 3.25. The molecule has 2 aromatic heterocycles. The van der Waals surface area contributed by atoms with Gasteiger partial charge in [0.2, 0.25) is 10.0 Å². The lowest BCUT2D eigenvalue weighted by Gasteiger charge is -2.11. The first-order valence-electron chi connectivity index (χ1n) is 6.84. The lowest BCUT2D eigenvalue weighted by Crippen LogP contribution is -2.24. The standard InChI is InChI=1S/C15H12Br2N4O2S/c16-12-3-4-14(13(17)8-12)24(22,23)20-9-11-2-1-5-19-15(11)21-7-6-18-10-21/h1-8,10,20H,9H2. The Labute approximate surface area is 156 Å². The molecule has 124 valence electrons. The van der Waals surface area contributed by atoms with E-state index < -0.39 is 10.0 Å². The van der Waals surface area contributed by atoms with Crippen molar-refractivity contribution in [3.05, 3.63) is 69.8 Å². The quantitative estimate of drug-likeness (QED) is 0.619. The molecule has 3 aromatic rings. The smallest absolute Gasteiger partial charge is 0.241 e. The fourth-order valence-electron chi connectivity index (χ4n) is 2.13. The van der Waals surface area contributed by atoms with Crippen molar-refractivity contribution in [1.82, 2.24) is 19.3 Å². The average Bonchev–Trinajstić information content (AvgIpc) is 3.07. The fourth-order valence-corrected chi connectivity index (χ4v) is 4.88.